The van der Waals surface area contributed by atoms with Crippen molar-refractivity contribution in [2.75, 3.05) is 19.6 Å². The van der Waals surface area contributed by atoms with Gasteiger partial charge in [-0.15, -0.1) is 0 Å². The van der Waals surface area contributed by atoms with Crippen LogP contribution in [0.5, 0.6) is 0 Å². The number of hydrogen-bond acceptors (Lipinski definition) is 3. The smallest absolute Gasteiger partial charge is 0.323 e. The maximum atomic E-state index is 12.3. The Balaban J connectivity index is 2.74. The minimum absolute atomic E-state index is 0.0916. The summed E-state index contributed by atoms with van der Waals surface area (Å²) in [6, 6.07) is 0. The molecule has 2 N–H and O–H groups in total. The standard InChI is InChI=1S/C12H22N2O3/c1-9(2)7-14(8-10(15)16)11(17)12(3)5-4-6-13-12/h9,13H,4-8H2,1-3H3,(H,15,16). The van der Waals surface area contributed by atoms with Gasteiger partial charge >= 0.3 is 5.97 Å². The molecule has 1 aliphatic rings. The van der Waals surface area contributed by atoms with Crippen LogP contribution in [0.15, 0.2) is 0 Å². The molecule has 1 unspecified atom stereocenters. The molecular weight excluding hydrogens is 220 g/mol. The third-order valence-electron chi connectivity index (χ3n) is 3.04. The van der Waals surface area contributed by atoms with Crippen molar-refractivity contribution in [2.45, 2.75) is 39.2 Å². The lowest BCUT2D eigenvalue weighted by molar-refractivity contribution is -0.147. The van der Waals surface area contributed by atoms with Gasteiger partial charge in [0.05, 0.1) is 5.54 Å². The Labute approximate surface area is 102 Å². The van der Waals surface area contributed by atoms with E-state index in [2.05, 4.69) is 5.32 Å². The fourth-order valence-electron chi connectivity index (χ4n) is 2.25. The van der Waals surface area contributed by atoms with Crippen LogP contribution < -0.4 is 5.32 Å². The Kier molecular flexibility index (Phi) is 4.51. The van der Waals surface area contributed by atoms with Crippen LogP contribution in [-0.2, 0) is 9.59 Å². The Morgan fingerprint density at radius 2 is 2.12 bits per heavy atom. The maximum Gasteiger partial charge on any atom is 0.323 e. The molecule has 0 saturated carbocycles. The number of nitrogens with zero attached hydrogens (tertiary/aromatic N) is 1. The molecule has 0 bridgehead atoms. The Hall–Kier alpha value is -1.10. The van der Waals surface area contributed by atoms with E-state index >= 15 is 0 Å². The zero-order chi connectivity index (χ0) is 13.1. The second-order valence-corrected chi connectivity index (χ2v) is 5.34. The van der Waals surface area contributed by atoms with Crippen LogP contribution in [0, 0.1) is 5.92 Å². The van der Waals surface area contributed by atoms with E-state index in [0.29, 0.717) is 6.54 Å². The van der Waals surface area contributed by atoms with Gasteiger partial charge in [-0.05, 0) is 32.2 Å². The van der Waals surface area contributed by atoms with Crippen molar-refractivity contribution in [1.29, 1.82) is 0 Å². The van der Waals surface area contributed by atoms with E-state index in [0.717, 1.165) is 19.4 Å². The average Bonchev–Trinajstić information content (AvgIpc) is 2.63. The summed E-state index contributed by atoms with van der Waals surface area (Å²) in [4.78, 5) is 24.6. The summed E-state index contributed by atoms with van der Waals surface area (Å²) in [7, 11) is 0. The van der Waals surface area contributed by atoms with Gasteiger partial charge in [-0.2, -0.15) is 0 Å². The number of rotatable bonds is 5. The van der Waals surface area contributed by atoms with Gasteiger partial charge in [0.1, 0.15) is 6.54 Å². The first kappa shape index (κ1) is 14.0. The number of carbonyl (C=O) groups is 2. The van der Waals surface area contributed by atoms with Gasteiger partial charge in [0.25, 0.3) is 0 Å². The molecule has 0 aromatic heterocycles. The molecule has 0 spiro atoms. The predicted molar refractivity (Wildman–Crippen MR) is 64.7 cm³/mol. The van der Waals surface area contributed by atoms with Crippen molar-refractivity contribution < 1.29 is 14.7 Å². The lowest BCUT2D eigenvalue weighted by Gasteiger charge is -2.32. The third-order valence-corrected chi connectivity index (χ3v) is 3.04. The van der Waals surface area contributed by atoms with Crippen molar-refractivity contribution in [2.24, 2.45) is 5.92 Å². The molecule has 1 amide bonds. The molecule has 0 aromatic carbocycles. The van der Waals surface area contributed by atoms with Gasteiger partial charge in [-0.3, -0.25) is 9.59 Å². The number of aliphatic carboxylic acids is 1. The monoisotopic (exact) mass is 242 g/mol. The van der Waals surface area contributed by atoms with Crippen LogP contribution in [0.25, 0.3) is 0 Å². The van der Waals surface area contributed by atoms with Crippen LogP contribution >= 0.6 is 0 Å². The minimum atomic E-state index is -0.958. The summed E-state index contributed by atoms with van der Waals surface area (Å²) in [5.74, 6) is -0.782. The molecular formula is C12H22N2O3. The molecule has 1 atom stereocenters. The first-order valence-electron chi connectivity index (χ1n) is 6.11. The number of carbonyl (C=O) groups excluding carboxylic acids is 1. The summed E-state index contributed by atoms with van der Waals surface area (Å²) < 4.78 is 0. The molecule has 17 heavy (non-hydrogen) atoms. The number of carboxylic acid groups (broad SMARTS) is 1. The van der Waals surface area contributed by atoms with Crippen molar-refractivity contribution in [3.8, 4) is 0 Å². The van der Waals surface area contributed by atoms with E-state index in [-0.39, 0.29) is 18.4 Å². The van der Waals surface area contributed by atoms with E-state index in [1.165, 1.54) is 4.90 Å². The molecule has 5 nitrogen and oxygen atoms in total. The Morgan fingerprint density at radius 3 is 2.53 bits per heavy atom. The average molecular weight is 242 g/mol. The van der Waals surface area contributed by atoms with E-state index in [1.807, 2.05) is 20.8 Å². The highest BCUT2D eigenvalue weighted by Crippen LogP contribution is 2.21. The van der Waals surface area contributed by atoms with E-state index in [4.69, 9.17) is 5.11 Å². The fourth-order valence-corrected chi connectivity index (χ4v) is 2.25. The van der Waals surface area contributed by atoms with Gasteiger partial charge < -0.3 is 15.3 Å². The van der Waals surface area contributed by atoms with E-state index in [9.17, 15) is 9.59 Å². The summed E-state index contributed by atoms with van der Waals surface area (Å²) >= 11 is 0. The number of amides is 1. The van der Waals surface area contributed by atoms with Crippen LogP contribution in [0.1, 0.15) is 33.6 Å². The molecule has 1 fully saturated rings. The quantitative estimate of drug-likeness (QED) is 0.744. The second kappa shape index (κ2) is 5.49. The lowest BCUT2D eigenvalue weighted by Crippen LogP contribution is -2.54. The molecule has 1 aliphatic heterocycles. The second-order valence-electron chi connectivity index (χ2n) is 5.34. The van der Waals surface area contributed by atoms with E-state index < -0.39 is 11.5 Å². The first-order valence-corrected chi connectivity index (χ1v) is 6.11. The third kappa shape index (κ3) is 3.70. The zero-order valence-corrected chi connectivity index (χ0v) is 10.8. The highest BCUT2D eigenvalue weighted by atomic mass is 16.4. The largest absolute Gasteiger partial charge is 0.480 e. The van der Waals surface area contributed by atoms with Crippen LogP contribution in [0.2, 0.25) is 0 Å². The van der Waals surface area contributed by atoms with Gasteiger partial charge in [-0.1, -0.05) is 13.8 Å². The number of nitrogens with one attached hydrogen (secondary N) is 1. The molecule has 0 aliphatic carbocycles. The fraction of sp³-hybridized carbons (Fsp3) is 0.833. The summed E-state index contributed by atoms with van der Waals surface area (Å²) in [6.45, 7) is 6.91. The summed E-state index contributed by atoms with van der Waals surface area (Å²) in [5.41, 5.74) is -0.579. The van der Waals surface area contributed by atoms with Crippen LogP contribution in [-0.4, -0.2) is 47.1 Å². The van der Waals surface area contributed by atoms with Crippen molar-refractivity contribution in [1.82, 2.24) is 10.2 Å². The highest BCUT2D eigenvalue weighted by molar-refractivity contribution is 5.88. The topological polar surface area (TPSA) is 69.6 Å². The molecule has 98 valence electrons. The van der Waals surface area contributed by atoms with Gasteiger partial charge in [0.2, 0.25) is 5.91 Å². The highest BCUT2D eigenvalue weighted by Gasteiger charge is 2.39. The van der Waals surface area contributed by atoms with Crippen molar-refractivity contribution in [3.05, 3.63) is 0 Å². The van der Waals surface area contributed by atoms with Crippen LogP contribution in [0.4, 0.5) is 0 Å². The molecule has 1 saturated heterocycles. The van der Waals surface area contributed by atoms with Gasteiger partial charge in [0.15, 0.2) is 0 Å². The molecule has 5 heteroatoms. The zero-order valence-electron chi connectivity index (χ0n) is 10.8. The number of carboxylic acids is 1. The van der Waals surface area contributed by atoms with E-state index in [1.54, 1.807) is 0 Å². The lowest BCUT2D eigenvalue weighted by atomic mass is 9.98. The van der Waals surface area contributed by atoms with Crippen LogP contribution in [0.3, 0.4) is 0 Å². The molecule has 0 aromatic rings. The maximum absolute atomic E-state index is 12.3. The number of hydrogen-bond donors (Lipinski definition) is 2. The minimum Gasteiger partial charge on any atom is -0.480 e. The normalized spacial score (nSPS) is 24.0. The van der Waals surface area contributed by atoms with Crippen molar-refractivity contribution >= 4 is 11.9 Å². The van der Waals surface area contributed by atoms with Crippen molar-refractivity contribution in [3.63, 3.8) is 0 Å². The Morgan fingerprint density at radius 1 is 1.47 bits per heavy atom. The summed E-state index contributed by atoms with van der Waals surface area (Å²) in [6.07, 6.45) is 1.74. The van der Waals surface area contributed by atoms with Gasteiger partial charge in [0, 0.05) is 6.54 Å². The first-order chi connectivity index (χ1) is 7.85. The predicted octanol–water partition coefficient (Wildman–Crippen LogP) is 0.698. The molecule has 1 heterocycles. The molecule has 0 radical (unpaired) electrons. The molecule has 1 rings (SSSR count). The van der Waals surface area contributed by atoms with Gasteiger partial charge in [-0.25, -0.2) is 0 Å². The Bertz CT molecular complexity index is 296. The summed E-state index contributed by atoms with van der Waals surface area (Å²) in [5, 5.41) is 12.0. The SMILES string of the molecule is CC(C)CN(CC(=O)O)C(=O)C1(C)CCCN1.